The van der Waals surface area contributed by atoms with E-state index in [0.717, 1.165) is 16.7 Å². The van der Waals surface area contributed by atoms with Crippen LogP contribution in [0, 0.1) is 5.95 Å². The summed E-state index contributed by atoms with van der Waals surface area (Å²) in [6.07, 6.45) is 1.46. The highest BCUT2D eigenvalue weighted by molar-refractivity contribution is 5.62. The lowest BCUT2D eigenvalue weighted by Crippen LogP contribution is -1.95. The lowest BCUT2D eigenvalue weighted by atomic mass is 10.1. The van der Waals surface area contributed by atoms with Gasteiger partial charge in [-0.1, -0.05) is 24.3 Å². The monoisotopic (exact) mass is 202 g/mol. The largest absolute Gasteiger partial charge is 0.326 e. The molecule has 76 valence electrons. The molecule has 0 aliphatic heterocycles. The lowest BCUT2D eigenvalue weighted by Gasteiger charge is -2.02. The second kappa shape index (κ2) is 4.19. The Labute approximate surface area is 87.6 Å². The fraction of sp³-hybridized carbons (Fsp3) is 0.0833. The van der Waals surface area contributed by atoms with Crippen LogP contribution in [-0.4, -0.2) is 4.98 Å². The summed E-state index contributed by atoms with van der Waals surface area (Å²) in [7, 11) is 0. The van der Waals surface area contributed by atoms with Crippen molar-refractivity contribution in [3.63, 3.8) is 0 Å². The van der Waals surface area contributed by atoms with Crippen molar-refractivity contribution in [3.05, 3.63) is 54.1 Å². The number of aromatic nitrogens is 1. The fourth-order valence-electron chi connectivity index (χ4n) is 1.42. The van der Waals surface area contributed by atoms with Crippen molar-refractivity contribution in [1.82, 2.24) is 4.98 Å². The first kappa shape index (κ1) is 9.80. The molecule has 1 heterocycles. The summed E-state index contributed by atoms with van der Waals surface area (Å²) in [6, 6.07) is 10.9. The van der Waals surface area contributed by atoms with Gasteiger partial charge in [0.2, 0.25) is 5.95 Å². The zero-order chi connectivity index (χ0) is 10.7. The van der Waals surface area contributed by atoms with Gasteiger partial charge >= 0.3 is 0 Å². The predicted molar refractivity (Wildman–Crippen MR) is 57.5 cm³/mol. The molecular formula is C12H11FN2. The zero-order valence-electron chi connectivity index (χ0n) is 8.15. The third kappa shape index (κ3) is 2.19. The van der Waals surface area contributed by atoms with Crippen molar-refractivity contribution in [1.29, 1.82) is 0 Å². The van der Waals surface area contributed by atoms with E-state index in [1.54, 1.807) is 6.07 Å². The van der Waals surface area contributed by atoms with E-state index in [9.17, 15) is 4.39 Å². The normalized spacial score (nSPS) is 10.3. The van der Waals surface area contributed by atoms with Crippen LogP contribution in [0.15, 0.2) is 42.6 Å². The van der Waals surface area contributed by atoms with Gasteiger partial charge in [-0.05, 0) is 22.8 Å². The van der Waals surface area contributed by atoms with Crippen LogP contribution in [0.1, 0.15) is 5.56 Å². The minimum absolute atomic E-state index is 0.463. The number of benzene rings is 1. The van der Waals surface area contributed by atoms with Gasteiger partial charge < -0.3 is 5.73 Å². The van der Waals surface area contributed by atoms with Crippen molar-refractivity contribution in [2.45, 2.75) is 6.54 Å². The highest BCUT2D eigenvalue weighted by Gasteiger charge is 1.99. The van der Waals surface area contributed by atoms with E-state index in [2.05, 4.69) is 4.98 Å². The molecule has 0 aliphatic carbocycles. The smallest absolute Gasteiger partial charge is 0.213 e. The van der Waals surface area contributed by atoms with Crippen molar-refractivity contribution in [3.8, 4) is 11.1 Å². The van der Waals surface area contributed by atoms with E-state index in [0.29, 0.717) is 6.54 Å². The molecule has 2 N–H and O–H groups in total. The first-order valence-corrected chi connectivity index (χ1v) is 4.70. The Morgan fingerprint density at radius 3 is 2.40 bits per heavy atom. The molecule has 3 heteroatoms. The molecule has 0 spiro atoms. The molecular weight excluding hydrogens is 191 g/mol. The van der Waals surface area contributed by atoms with Crippen molar-refractivity contribution in [2.75, 3.05) is 0 Å². The highest BCUT2D eigenvalue weighted by Crippen LogP contribution is 2.19. The van der Waals surface area contributed by atoms with Crippen LogP contribution in [0.2, 0.25) is 0 Å². The van der Waals surface area contributed by atoms with Crippen LogP contribution >= 0.6 is 0 Å². The van der Waals surface area contributed by atoms with Gasteiger partial charge in [0.25, 0.3) is 0 Å². The van der Waals surface area contributed by atoms with Crippen LogP contribution in [0.4, 0.5) is 4.39 Å². The molecule has 0 atom stereocenters. The molecule has 0 unspecified atom stereocenters. The second-order valence-corrected chi connectivity index (χ2v) is 3.27. The van der Waals surface area contributed by atoms with Gasteiger partial charge in [-0.25, -0.2) is 4.98 Å². The van der Waals surface area contributed by atoms with Crippen molar-refractivity contribution >= 4 is 0 Å². The van der Waals surface area contributed by atoms with Crippen LogP contribution in [0.25, 0.3) is 11.1 Å². The standard InChI is InChI=1S/C12H11FN2/c13-12-7-11(5-6-15-12)10-3-1-9(8-14)2-4-10/h1-7H,8,14H2. The molecule has 15 heavy (non-hydrogen) atoms. The first-order valence-electron chi connectivity index (χ1n) is 4.70. The highest BCUT2D eigenvalue weighted by atomic mass is 19.1. The topological polar surface area (TPSA) is 38.9 Å². The molecule has 0 bridgehead atoms. The third-order valence-electron chi connectivity index (χ3n) is 2.25. The van der Waals surface area contributed by atoms with Crippen molar-refractivity contribution < 1.29 is 4.39 Å². The Hall–Kier alpha value is -1.74. The number of halogens is 1. The van der Waals surface area contributed by atoms with Gasteiger partial charge in [0, 0.05) is 18.8 Å². The summed E-state index contributed by atoms with van der Waals surface area (Å²) in [5, 5.41) is 0. The molecule has 2 nitrogen and oxygen atoms in total. The van der Waals surface area contributed by atoms with Gasteiger partial charge in [0.1, 0.15) is 0 Å². The number of hydrogen-bond acceptors (Lipinski definition) is 2. The Morgan fingerprint density at radius 2 is 1.80 bits per heavy atom. The van der Waals surface area contributed by atoms with Crippen LogP contribution in [0.3, 0.4) is 0 Å². The number of pyridine rings is 1. The molecule has 0 aliphatic rings. The maximum Gasteiger partial charge on any atom is 0.213 e. The number of hydrogen-bond donors (Lipinski definition) is 1. The Morgan fingerprint density at radius 1 is 1.07 bits per heavy atom. The van der Waals surface area contributed by atoms with Crippen LogP contribution in [0.5, 0.6) is 0 Å². The average Bonchev–Trinajstić information content (AvgIpc) is 2.29. The predicted octanol–water partition coefficient (Wildman–Crippen LogP) is 2.35. The van der Waals surface area contributed by atoms with E-state index in [1.165, 1.54) is 12.3 Å². The Kier molecular flexibility index (Phi) is 2.74. The number of nitrogens with zero attached hydrogens (tertiary/aromatic N) is 1. The van der Waals surface area contributed by atoms with E-state index in [4.69, 9.17) is 5.73 Å². The fourth-order valence-corrected chi connectivity index (χ4v) is 1.42. The van der Waals surface area contributed by atoms with Gasteiger partial charge in [0.15, 0.2) is 0 Å². The van der Waals surface area contributed by atoms with Gasteiger partial charge in [-0.15, -0.1) is 0 Å². The molecule has 0 fully saturated rings. The van der Waals surface area contributed by atoms with E-state index < -0.39 is 5.95 Å². The van der Waals surface area contributed by atoms with Crippen LogP contribution < -0.4 is 5.73 Å². The van der Waals surface area contributed by atoms with E-state index in [1.807, 2.05) is 24.3 Å². The molecule has 0 saturated heterocycles. The molecule has 1 aromatic heterocycles. The minimum atomic E-state index is -0.463. The number of rotatable bonds is 2. The molecule has 0 saturated carbocycles. The van der Waals surface area contributed by atoms with E-state index in [-0.39, 0.29) is 0 Å². The molecule has 2 aromatic rings. The molecule has 1 aromatic carbocycles. The van der Waals surface area contributed by atoms with Gasteiger partial charge in [-0.2, -0.15) is 4.39 Å². The summed E-state index contributed by atoms with van der Waals surface area (Å²) >= 11 is 0. The summed E-state index contributed by atoms with van der Waals surface area (Å²) in [6.45, 7) is 0.519. The lowest BCUT2D eigenvalue weighted by molar-refractivity contribution is 0.584. The Bertz CT molecular complexity index is 451. The average molecular weight is 202 g/mol. The Balaban J connectivity index is 2.37. The van der Waals surface area contributed by atoms with E-state index >= 15 is 0 Å². The second-order valence-electron chi connectivity index (χ2n) is 3.27. The molecule has 2 rings (SSSR count). The summed E-state index contributed by atoms with van der Waals surface area (Å²) in [5.41, 5.74) is 8.35. The van der Waals surface area contributed by atoms with Gasteiger partial charge in [0.05, 0.1) is 0 Å². The molecule has 0 amide bonds. The summed E-state index contributed by atoms with van der Waals surface area (Å²) < 4.78 is 12.9. The first-order chi connectivity index (χ1) is 7.29. The van der Waals surface area contributed by atoms with Gasteiger partial charge in [-0.3, -0.25) is 0 Å². The SMILES string of the molecule is NCc1ccc(-c2ccnc(F)c2)cc1. The summed E-state index contributed by atoms with van der Waals surface area (Å²) in [5.74, 6) is -0.463. The van der Waals surface area contributed by atoms with Crippen LogP contribution in [-0.2, 0) is 6.54 Å². The number of nitrogens with two attached hydrogens (primary N) is 1. The van der Waals surface area contributed by atoms with Crippen molar-refractivity contribution in [2.24, 2.45) is 5.73 Å². The zero-order valence-corrected chi connectivity index (χ0v) is 8.15. The molecule has 0 radical (unpaired) electrons. The maximum absolute atomic E-state index is 12.9. The minimum Gasteiger partial charge on any atom is -0.326 e. The third-order valence-corrected chi connectivity index (χ3v) is 2.25. The maximum atomic E-state index is 12.9. The summed E-state index contributed by atoms with van der Waals surface area (Å²) in [4.78, 5) is 3.51. The quantitative estimate of drug-likeness (QED) is 0.759.